The fraction of sp³-hybridized carbons (Fsp3) is 0.400. The highest BCUT2D eigenvalue weighted by Crippen LogP contribution is 2.16. The van der Waals surface area contributed by atoms with Gasteiger partial charge in [0.1, 0.15) is 5.75 Å². The number of para-hydroxylation sites is 1. The summed E-state index contributed by atoms with van der Waals surface area (Å²) in [6, 6.07) is 10.1. The van der Waals surface area contributed by atoms with E-state index in [9.17, 15) is 0 Å². The predicted octanol–water partition coefficient (Wildman–Crippen LogP) is 2.59. The van der Waals surface area contributed by atoms with Crippen molar-refractivity contribution in [1.29, 1.82) is 0 Å². The Morgan fingerprint density at radius 3 is 2.84 bits per heavy atom. The minimum Gasteiger partial charge on any atom is -0.496 e. The molecule has 0 atom stereocenters. The first-order chi connectivity index (χ1) is 9.33. The molecule has 0 radical (unpaired) electrons. The molecule has 0 spiro atoms. The molecule has 2 rings (SSSR count). The summed E-state index contributed by atoms with van der Waals surface area (Å²) >= 11 is 0. The molecular formula is C15H21N3O. The van der Waals surface area contributed by atoms with E-state index < -0.39 is 0 Å². The molecule has 2 aromatic rings. The van der Waals surface area contributed by atoms with Crippen LogP contribution < -0.4 is 10.1 Å². The van der Waals surface area contributed by atoms with E-state index >= 15 is 0 Å². The average Bonchev–Trinajstić information content (AvgIpc) is 2.87. The Morgan fingerprint density at radius 2 is 2.05 bits per heavy atom. The van der Waals surface area contributed by atoms with Gasteiger partial charge in [-0.2, -0.15) is 5.10 Å². The van der Waals surface area contributed by atoms with Gasteiger partial charge in [0.25, 0.3) is 0 Å². The highest BCUT2D eigenvalue weighted by molar-refractivity contribution is 5.32. The molecule has 1 aromatic carbocycles. The zero-order valence-corrected chi connectivity index (χ0v) is 11.6. The van der Waals surface area contributed by atoms with Crippen LogP contribution in [0.5, 0.6) is 5.75 Å². The van der Waals surface area contributed by atoms with Crippen LogP contribution in [-0.4, -0.2) is 16.9 Å². The fourth-order valence-electron chi connectivity index (χ4n) is 2.03. The molecule has 19 heavy (non-hydrogen) atoms. The number of nitrogens with zero attached hydrogens (tertiary/aromatic N) is 2. The van der Waals surface area contributed by atoms with Crippen LogP contribution in [-0.2, 0) is 19.6 Å². The Bertz CT molecular complexity index is 508. The molecular weight excluding hydrogens is 238 g/mol. The van der Waals surface area contributed by atoms with Crippen LogP contribution in [0.2, 0.25) is 0 Å². The highest BCUT2D eigenvalue weighted by Gasteiger charge is 2.02. The molecule has 1 heterocycles. The Balaban J connectivity index is 1.85. The smallest absolute Gasteiger partial charge is 0.123 e. The molecule has 0 fully saturated rings. The fourth-order valence-corrected chi connectivity index (χ4v) is 2.03. The van der Waals surface area contributed by atoms with Gasteiger partial charge in [-0.05, 0) is 18.6 Å². The van der Waals surface area contributed by atoms with Crippen molar-refractivity contribution in [2.24, 2.45) is 0 Å². The van der Waals surface area contributed by atoms with Crippen LogP contribution in [0, 0.1) is 0 Å². The highest BCUT2D eigenvalue weighted by atomic mass is 16.5. The van der Waals surface area contributed by atoms with Crippen molar-refractivity contribution in [1.82, 2.24) is 15.1 Å². The molecule has 0 unspecified atom stereocenters. The summed E-state index contributed by atoms with van der Waals surface area (Å²) in [5, 5.41) is 7.89. The zero-order chi connectivity index (χ0) is 13.5. The van der Waals surface area contributed by atoms with Crippen molar-refractivity contribution in [3.8, 4) is 5.75 Å². The maximum Gasteiger partial charge on any atom is 0.123 e. The van der Waals surface area contributed by atoms with Crippen LogP contribution in [0.3, 0.4) is 0 Å². The summed E-state index contributed by atoms with van der Waals surface area (Å²) in [7, 11) is 1.70. The summed E-state index contributed by atoms with van der Waals surface area (Å²) in [5.41, 5.74) is 2.24. The first-order valence-electron chi connectivity index (χ1n) is 6.68. The third kappa shape index (κ3) is 3.83. The third-order valence-corrected chi connectivity index (χ3v) is 2.96. The molecule has 0 saturated carbocycles. The van der Waals surface area contributed by atoms with Crippen LogP contribution in [0.1, 0.15) is 24.6 Å². The number of methoxy groups -OCH3 is 1. The van der Waals surface area contributed by atoms with E-state index in [1.165, 1.54) is 0 Å². The van der Waals surface area contributed by atoms with Gasteiger partial charge in [0.15, 0.2) is 0 Å². The van der Waals surface area contributed by atoms with Crippen molar-refractivity contribution in [2.75, 3.05) is 7.11 Å². The van der Waals surface area contributed by atoms with E-state index in [2.05, 4.69) is 29.5 Å². The summed E-state index contributed by atoms with van der Waals surface area (Å²) in [6.07, 6.45) is 3.14. The SMILES string of the molecule is CCCn1ccc(CNCc2ccccc2OC)n1. The molecule has 0 saturated heterocycles. The van der Waals surface area contributed by atoms with Crippen LogP contribution in [0.15, 0.2) is 36.5 Å². The van der Waals surface area contributed by atoms with Gasteiger partial charge in [-0.25, -0.2) is 0 Å². The van der Waals surface area contributed by atoms with Gasteiger partial charge in [0.05, 0.1) is 12.8 Å². The van der Waals surface area contributed by atoms with E-state index in [1.54, 1.807) is 7.11 Å². The lowest BCUT2D eigenvalue weighted by Crippen LogP contribution is -2.14. The molecule has 4 heteroatoms. The maximum atomic E-state index is 5.32. The number of aromatic nitrogens is 2. The molecule has 0 aliphatic carbocycles. The van der Waals surface area contributed by atoms with Gasteiger partial charge in [0.2, 0.25) is 0 Å². The largest absolute Gasteiger partial charge is 0.496 e. The molecule has 1 aromatic heterocycles. The summed E-state index contributed by atoms with van der Waals surface area (Å²) in [6.45, 7) is 4.69. The van der Waals surface area contributed by atoms with Gasteiger partial charge in [-0.3, -0.25) is 4.68 Å². The molecule has 0 bridgehead atoms. The second kappa shape index (κ2) is 6.95. The second-order valence-corrected chi connectivity index (χ2v) is 4.49. The summed E-state index contributed by atoms with van der Waals surface area (Å²) < 4.78 is 7.31. The van der Waals surface area contributed by atoms with Gasteiger partial charge < -0.3 is 10.1 Å². The van der Waals surface area contributed by atoms with Gasteiger partial charge in [-0.1, -0.05) is 25.1 Å². The maximum absolute atomic E-state index is 5.32. The van der Waals surface area contributed by atoms with Crippen LogP contribution in [0.4, 0.5) is 0 Å². The zero-order valence-electron chi connectivity index (χ0n) is 11.6. The number of hydrogen-bond acceptors (Lipinski definition) is 3. The second-order valence-electron chi connectivity index (χ2n) is 4.49. The average molecular weight is 259 g/mol. The van der Waals surface area contributed by atoms with Gasteiger partial charge in [0, 0.05) is 31.4 Å². The summed E-state index contributed by atoms with van der Waals surface area (Å²) in [4.78, 5) is 0. The van der Waals surface area contributed by atoms with Crippen LogP contribution in [0.25, 0.3) is 0 Å². The van der Waals surface area contributed by atoms with E-state index in [4.69, 9.17) is 4.74 Å². The van der Waals surface area contributed by atoms with Crippen molar-refractivity contribution >= 4 is 0 Å². The minimum absolute atomic E-state index is 0.773. The Morgan fingerprint density at radius 1 is 1.21 bits per heavy atom. The predicted molar refractivity (Wildman–Crippen MR) is 76.1 cm³/mol. The first kappa shape index (κ1) is 13.6. The normalized spacial score (nSPS) is 10.6. The molecule has 0 aliphatic rings. The molecule has 102 valence electrons. The lowest BCUT2D eigenvalue weighted by Gasteiger charge is -2.08. The van der Waals surface area contributed by atoms with E-state index in [-0.39, 0.29) is 0 Å². The Kier molecular flexibility index (Phi) is 4.98. The Hall–Kier alpha value is -1.81. The molecule has 1 N–H and O–H groups in total. The van der Waals surface area contributed by atoms with E-state index in [0.29, 0.717) is 0 Å². The number of ether oxygens (including phenoxy) is 1. The lowest BCUT2D eigenvalue weighted by atomic mass is 10.2. The number of hydrogen-bond donors (Lipinski definition) is 1. The molecule has 0 aliphatic heterocycles. The van der Waals surface area contributed by atoms with E-state index in [0.717, 1.165) is 43.1 Å². The monoisotopic (exact) mass is 259 g/mol. The minimum atomic E-state index is 0.773. The van der Waals surface area contributed by atoms with Crippen molar-refractivity contribution in [3.63, 3.8) is 0 Å². The topological polar surface area (TPSA) is 39.1 Å². The van der Waals surface area contributed by atoms with Gasteiger partial charge >= 0.3 is 0 Å². The van der Waals surface area contributed by atoms with Crippen molar-refractivity contribution < 1.29 is 4.74 Å². The van der Waals surface area contributed by atoms with Crippen molar-refractivity contribution in [3.05, 3.63) is 47.8 Å². The number of aryl methyl sites for hydroxylation is 1. The number of benzene rings is 1. The van der Waals surface area contributed by atoms with Crippen molar-refractivity contribution in [2.45, 2.75) is 33.0 Å². The van der Waals surface area contributed by atoms with Gasteiger partial charge in [-0.15, -0.1) is 0 Å². The quantitative estimate of drug-likeness (QED) is 0.830. The van der Waals surface area contributed by atoms with E-state index in [1.807, 2.05) is 29.1 Å². The number of nitrogens with one attached hydrogen (secondary N) is 1. The lowest BCUT2D eigenvalue weighted by molar-refractivity contribution is 0.407. The molecule has 4 nitrogen and oxygen atoms in total. The Labute approximate surface area is 114 Å². The third-order valence-electron chi connectivity index (χ3n) is 2.96. The number of rotatable bonds is 7. The molecule has 0 amide bonds. The van der Waals surface area contributed by atoms with Crippen LogP contribution >= 0.6 is 0 Å². The standard InChI is InChI=1S/C15H21N3O/c1-3-9-18-10-8-14(17-18)12-16-11-13-6-4-5-7-15(13)19-2/h4-8,10,16H,3,9,11-12H2,1-2H3. The summed E-state index contributed by atoms with van der Waals surface area (Å²) in [5.74, 6) is 0.923. The first-order valence-corrected chi connectivity index (χ1v) is 6.68.